The smallest absolute Gasteiger partial charge is 0.177 e. The summed E-state index contributed by atoms with van der Waals surface area (Å²) in [5, 5.41) is 0.519. The molecule has 0 radical (unpaired) electrons. The molecule has 1 saturated heterocycles. The van der Waals surface area contributed by atoms with Gasteiger partial charge in [-0.1, -0.05) is 52.9 Å². The van der Waals surface area contributed by atoms with E-state index in [0.717, 1.165) is 6.61 Å². The minimum Gasteiger partial charge on any atom is -0.463 e. The maximum absolute atomic E-state index is 6.34. The normalized spacial score (nSPS) is 23.2. The Morgan fingerprint density at radius 1 is 1.28 bits per heavy atom. The van der Waals surface area contributed by atoms with E-state index in [0.29, 0.717) is 5.04 Å². The van der Waals surface area contributed by atoms with Crippen molar-refractivity contribution in [1.29, 1.82) is 0 Å². The Labute approximate surface area is 120 Å². The van der Waals surface area contributed by atoms with Gasteiger partial charge in [0.25, 0.3) is 0 Å². The summed E-state index contributed by atoms with van der Waals surface area (Å²) in [6.45, 7) is 8.17. The van der Waals surface area contributed by atoms with Crippen LogP contribution in [0, 0.1) is 0 Å². The molecule has 5 heteroatoms. The molecule has 1 heterocycles. The molecule has 1 atom stereocenters. The molecule has 1 unspecified atom stereocenters. The molecule has 0 bridgehead atoms. The molecular formula is C13H32O2Si3. The zero-order valence-corrected chi connectivity index (χ0v) is 16.7. The molecule has 0 aromatic carbocycles. The van der Waals surface area contributed by atoms with Crippen LogP contribution in [0.5, 0.6) is 0 Å². The molecule has 1 rings (SSSR count). The van der Waals surface area contributed by atoms with E-state index in [2.05, 4.69) is 20.8 Å². The van der Waals surface area contributed by atoms with Crippen molar-refractivity contribution in [2.45, 2.75) is 76.8 Å². The quantitative estimate of drug-likeness (QED) is 0.481. The van der Waals surface area contributed by atoms with Gasteiger partial charge in [-0.3, -0.25) is 0 Å². The first kappa shape index (κ1) is 16.6. The molecule has 0 aromatic rings. The molecule has 0 N–H and O–H groups in total. The van der Waals surface area contributed by atoms with Gasteiger partial charge in [-0.05, 0) is 23.9 Å². The SMILES string of the molecule is CCCCCCCC(C)(C)[SiH2]O[SiH]1CCCO[SiH2]1. The fraction of sp³-hybridized carbons (Fsp3) is 1.00. The Balaban J connectivity index is 2.06. The van der Waals surface area contributed by atoms with Crippen molar-refractivity contribution in [3.05, 3.63) is 0 Å². The van der Waals surface area contributed by atoms with Gasteiger partial charge in [0.05, 0.1) is 0 Å². The summed E-state index contributed by atoms with van der Waals surface area (Å²) in [5.41, 5.74) is 0. The zero-order valence-electron chi connectivity index (χ0n) is 12.7. The van der Waals surface area contributed by atoms with Gasteiger partial charge < -0.3 is 8.54 Å². The molecule has 18 heavy (non-hydrogen) atoms. The van der Waals surface area contributed by atoms with Crippen molar-refractivity contribution in [2.75, 3.05) is 6.61 Å². The van der Waals surface area contributed by atoms with Gasteiger partial charge in [0.15, 0.2) is 27.6 Å². The summed E-state index contributed by atoms with van der Waals surface area (Å²) < 4.78 is 12.0. The van der Waals surface area contributed by atoms with Crippen LogP contribution in [-0.2, 0) is 8.54 Å². The lowest BCUT2D eigenvalue weighted by molar-refractivity contribution is 0.327. The molecule has 0 aliphatic carbocycles. The fourth-order valence-electron chi connectivity index (χ4n) is 2.47. The van der Waals surface area contributed by atoms with E-state index in [9.17, 15) is 0 Å². The minimum atomic E-state index is -0.800. The van der Waals surface area contributed by atoms with Crippen LogP contribution >= 0.6 is 0 Å². The summed E-state index contributed by atoms with van der Waals surface area (Å²) in [5.74, 6) is 0. The van der Waals surface area contributed by atoms with Crippen LogP contribution in [0.3, 0.4) is 0 Å². The van der Waals surface area contributed by atoms with Gasteiger partial charge >= 0.3 is 0 Å². The average molecular weight is 305 g/mol. The molecule has 0 saturated carbocycles. The summed E-state index contributed by atoms with van der Waals surface area (Å²) in [6.07, 6.45) is 9.66. The molecule has 1 aliphatic rings. The second-order valence-corrected chi connectivity index (χ2v) is 16.3. The molecule has 0 aromatic heterocycles. The van der Waals surface area contributed by atoms with Crippen LogP contribution in [0.4, 0.5) is 0 Å². The predicted octanol–water partition coefficient (Wildman–Crippen LogP) is 2.37. The predicted molar refractivity (Wildman–Crippen MR) is 88.1 cm³/mol. The van der Waals surface area contributed by atoms with Crippen molar-refractivity contribution >= 4 is 27.6 Å². The van der Waals surface area contributed by atoms with Crippen molar-refractivity contribution in [2.24, 2.45) is 0 Å². The van der Waals surface area contributed by atoms with Crippen LogP contribution in [0.15, 0.2) is 0 Å². The Kier molecular flexibility index (Phi) is 8.75. The summed E-state index contributed by atoms with van der Waals surface area (Å²) in [6, 6.07) is 1.41. The highest BCUT2D eigenvalue weighted by Crippen LogP contribution is 2.31. The highest BCUT2D eigenvalue weighted by atomic mass is 29.2. The van der Waals surface area contributed by atoms with Gasteiger partial charge in [0.1, 0.15) is 0 Å². The third-order valence-corrected chi connectivity index (χ3v) is 14.6. The molecule has 108 valence electrons. The van der Waals surface area contributed by atoms with Crippen molar-refractivity contribution in [1.82, 2.24) is 0 Å². The van der Waals surface area contributed by atoms with Crippen LogP contribution in [0.1, 0.15) is 65.7 Å². The fourth-order valence-corrected chi connectivity index (χ4v) is 12.7. The van der Waals surface area contributed by atoms with E-state index in [1.165, 1.54) is 51.0 Å². The van der Waals surface area contributed by atoms with E-state index in [1.54, 1.807) is 0 Å². The Bertz CT molecular complexity index is 206. The monoisotopic (exact) mass is 304 g/mol. The topological polar surface area (TPSA) is 18.5 Å². The van der Waals surface area contributed by atoms with Gasteiger partial charge in [-0.25, -0.2) is 0 Å². The highest BCUT2D eigenvalue weighted by Gasteiger charge is 2.23. The van der Waals surface area contributed by atoms with Crippen molar-refractivity contribution in [3.63, 3.8) is 0 Å². The third-order valence-electron chi connectivity index (χ3n) is 3.79. The van der Waals surface area contributed by atoms with Gasteiger partial charge in [-0.15, -0.1) is 0 Å². The lowest BCUT2D eigenvalue weighted by atomic mass is 10.0. The second kappa shape index (κ2) is 9.47. The number of unbranched alkanes of at least 4 members (excludes halogenated alkanes) is 4. The van der Waals surface area contributed by atoms with Crippen molar-refractivity contribution < 1.29 is 8.54 Å². The van der Waals surface area contributed by atoms with E-state index in [4.69, 9.17) is 8.54 Å². The lowest BCUT2D eigenvalue weighted by Crippen LogP contribution is -2.36. The number of hydrogen-bond donors (Lipinski definition) is 0. The van der Waals surface area contributed by atoms with E-state index < -0.39 is 8.56 Å². The van der Waals surface area contributed by atoms with Gasteiger partial charge in [-0.2, -0.15) is 0 Å². The lowest BCUT2D eigenvalue weighted by Gasteiger charge is -2.28. The first-order valence-electron chi connectivity index (χ1n) is 7.83. The summed E-state index contributed by atoms with van der Waals surface area (Å²) >= 11 is 0. The largest absolute Gasteiger partial charge is 0.463 e. The third kappa shape index (κ3) is 7.89. The highest BCUT2D eigenvalue weighted by molar-refractivity contribution is 7.07. The number of hydrogen-bond acceptors (Lipinski definition) is 2. The molecule has 0 amide bonds. The Morgan fingerprint density at radius 2 is 2.06 bits per heavy atom. The first-order valence-corrected chi connectivity index (χ1v) is 14.2. The zero-order chi connectivity index (χ0) is 13.3. The standard InChI is InChI=1S/C13H32O2Si3/c1-4-5-6-7-8-10-13(2,3)16-15-18-12-9-11-14-17-18/h18H,4-12,16-17H2,1-3H3. The summed E-state index contributed by atoms with van der Waals surface area (Å²) in [7, 11) is -1.35. The average Bonchev–Trinajstić information content (AvgIpc) is 2.38. The first-order chi connectivity index (χ1) is 8.64. The molecule has 1 fully saturated rings. The van der Waals surface area contributed by atoms with Crippen LogP contribution in [0.25, 0.3) is 0 Å². The van der Waals surface area contributed by atoms with E-state index in [-0.39, 0.29) is 19.0 Å². The molecule has 1 aliphatic heterocycles. The van der Waals surface area contributed by atoms with Crippen molar-refractivity contribution in [3.8, 4) is 0 Å². The summed E-state index contributed by atoms with van der Waals surface area (Å²) in [4.78, 5) is 0. The second-order valence-electron chi connectivity index (χ2n) is 6.48. The van der Waals surface area contributed by atoms with Crippen LogP contribution in [0.2, 0.25) is 11.1 Å². The number of rotatable bonds is 9. The maximum atomic E-state index is 6.34. The van der Waals surface area contributed by atoms with Crippen LogP contribution < -0.4 is 0 Å². The Hall–Kier alpha value is 0.571. The molecule has 2 nitrogen and oxygen atoms in total. The molecule has 0 spiro atoms. The van der Waals surface area contributed by atoms with Crippen LogP contribution in [-0.4, -0.2) is 34.2 Å². The molecular weight excluding hydrogens is 272 g/mol. The van der Waals surface area contributed by atoms with E-state index >= 15 is 0 Å². The minimum absolute atomic E-state index is 0.226. The maximum Gasteiger partial charge on any atom is 0.177 e. The van der Waals surface area contributed by atoms with E-state index in [1.807, 2.05) is 0 Å². The van der Waals surface area contributed by atoms with Gasteiger partial charge in [0.2, 0.25) is 0 Å². The van der Waals surface area contributed by atoms with Gasteiger partial charge in [0, 0.05) is 6.61 Å². The Morgan fingerprint density at radius 3 is 2.72 bits per heavy atom.